The van der Waals surface area contributed by atoms with E-state index in [1.165, 1.54) is 23.1 Å². The number of carbonyl (C=O) groups is 2. The monoisotopic (exact) mass is 577 g/mol. The molecule has 1 aromatic heterocycles. The van der Waals surface area contributed by atoms with Gasteiger partial charge in [0.15, 0.2) is 0 Å². The van der Waals surface area contributed by atoms with Crippen molar-refractivity contribution >= 4 is 34.8 Å². The van der Waals surface area contributed by atoms with Crippen molar-refractivity contribution in [2.45, 2.75) is 64.3 Å². The minimum Gasteiger partial charge on any atom is -0.366 e. The van der Waals surface area contributed by atoms with E-state index in [0.717, 1.165) is 43.4 Å². The van der Waals surface area contributed by atoms with E-state index in [9.17, 15) is 22.8 Å². The van der Waals surface area contributed by atoms with Crippen molar-refractivity contribution in [3.05, 3.63) is 64.9 Å². The highest BCUT2D eigenvalue weighted by atomic mass is 35.5. The molecule has 0 aliphatic carbocycles. The summed E-state index contributed by atoms with van der Waals surface area (Å²) in [6.45, 7) is 3.50. The van der Waals surface area contributed by atoms with Gasteiger partial charge in [-0.2, -0.15) is 13.2 Å². The summed E-state index contributed by atoms with van der Waals surface area (Å²) in [5.74, 6) is -0.545. The van der Waals surface area contributed by atoms with Gasteiger partial charge < -0.3 is 15.1 Å². The number of alkyl halides is 3. The Kier molecular flexibility index (Phi) is 9.62. The van der Waals surface area contributed by atoms with Crippen LogP contribution < -0.4 is 10.2 Å². The van der Waals surface area contributed by atoms with Crippen LogP contribution in [-0.4, -0.2) is 56.1 Å². The van der Waals surface area contributed by atoms with Crippen molar-refractivity contribution in [1.82, 2.24) is 25.1 Å². The Hall–Kier alpha value is -3.67. The van der Waals surface area contributed by atoms with Gasteiger partial charge in [0.05, 0.1) is 16.3 Å². The number of unbranched alkanes of at least 4 members (excludes halogenated alkanes) is 1. The molecule has 1 aliphatic heterocycles. The molecule has 40 heavy (non-hydrogen) atoms. The molecule has 1 saturated heterocycles. The predicted octanol–water partition coefficient (Wildman–Crippen LogP) is 5.17. The summed E-state index contributed by atoms with van der Waals surface area (Å²) in [4.78, 5) is 29.6. The Morgan fingerprint density at radius 1 is 1.15 bits per heavy atom. The van der Waals surface area contributed by atoms with E-state index in [2.05, 4.69) is 27.8 Å². The quantitative estimate of drug-likeness (QED) is 0.357. The number of tetrazole rings is 1. The van der Waals surface area contributed by atoms with Crippen molar-refractivity contribution in [3.63, 3.8) is 0 Å². The summed E-state index contributed by atoms with van der Waals surface area (Å²) in [5.41, 5.74) is 1.23. The zero-order valence-corrected chi connectivity index (χ0v) is 22.8. The van der Waals surface area contributed by atoms with Gasteiger partial charge in [-0.3, -0.25) is 9.59 Å². The van der Waals surface area contributed by atoms with E-state index < -0.39 is 17.8 Å². The summed E-state index contributed by atoms with van der Waals surface area (Å²) in [5, 5.41) is 14.1. The van der Waals surface area contributed by atoms with Crippen molar-refractivity contribution in [2.24, 2.45) is 0 Å². The highest BCUT2D eigenvalue weighted by Crippen LogP contribution is 2.32. The van der Waals surface area contributed by atoms with Gasteiger partial charge in [-0.15, -0.1) is 5.10 Å². The van der Waals surface area contributed by atoms with Crippen LogP contribution in [0.15, 0.2) is 48.8 Å². The molecule has 214 valence electrons. The van der Waals surface area contributed by atoms with Crippen LogP contribution in [0.1, 0.15) is 50.2 Å². The average molecular weight is 578 g/mol. The second-order valence-corrected chi connectivity index (χ2v) is 10.1. The molecule has 9 nitrogen and oxygen atoms in total. The molecule has 0 saturated carbocycles. The zero-order valence-electron chi connectivity index (χ0n) is 22.1. The summed E-state index contributed by atoms with van der Waals surface area (Å²) in [6.07, 6.45) is 0.922. The van der Waals surface area contributed by atoms with Crippen LogP contribution >= 0.6 is 11.6 Å². The summed E-state index contributed by atoms with van der Waals surface area (Å²) in [7, 11) is 0. The van der Waals surface area contributed by atoms with Crippen LogP contribution in [0.2, 0.25) is 5.02 Å². The maximum Gasteiger partial charge on any atom is 0.416 e. The number of nitrogens with one attached hydrogen (secondary N) is 1. The Morgan fingerprint density at radius 3 is 2.58 bits per heavy atom. The third-order valence-corrected chi connectivity index (χ3v) is 7.11. The van der Waals surface area contributed by atoms with Gasteiger partial charge >= 0.3 is 6.18 Å². The van der Waals surface area contributed by atoms with Gasteiger partial charge in [-0.1, -0.05) is 37.1 Å². The number of likely N-dealkylation sites (tertiary alicyclic amines) is 1. The molecule has 4 rings (SSSR count). The fourth-order valence-corrected chi connectivity index (χ4v) is 5.00. The average Bonchev–Trinajstić information content (AvgIpc) is 3.44. The highest BCUT2D eigenvalue weighted by Gasteiger charge is 2.33. The van der Waals surface area contributed by atoms with E-state index >= 15 is 0 Å². The number of anilines is 2. The van der Waals surface area contributed by atoms with E-state index in [-0.39, 0.29) is 18.4 Å². The Balaban J connectivity index is 1.45. The lowest BCUT2D eigenvalue weighted by atomic mass is 10.0. The molecule has 2 aromatic carbocycles. The van der Waals surface area contributed by atoms with Crippen molar-refractivity contribution < 1.29 is 22.8 Å². The number of benzene rings is 2. The van der Waals surface area contributed by atoms with E-state index in [0.29, 0.717) is 42.5 Å². The molecule has 0 unspecified atom stereocenters. The van der Waals surface area contributed by atoms with Crippen LogP contribution in [-0.2, 0) is 28.9 Å². The normalized spacial score (nSPS) is 15.6. The minimum absolute atomic E-state index is 0.0518. The van der Waals surface area contributed by atoms with Crippen LogP contribution in [0, 0.1) is 0 Å². The number of rotatable bonds is 10. The maximum absolute atomic E-state index is 13.2. The molecule has 2 amide bonds. The summed E-state index contributed by atoms with van der Waals surface area (Å²) >= 11 is 6.65. The zero-order chi connectivity index (χ0) is 28.7. The Labute approximate surface area is 235 Å². The molecule has 13 heteroatoms. The molecule has 1 atom stereocenters. The first-order chi connectivity index (χ1) is 19.2. The molecule has 0 spiro atoms. The standard InChI is InChI=1S/C27H31ClF3N7O2/c1-2-3-13-36(16-19-7-9-20(10-8-19)27(29,30)31)23-12-11-21(15-22(23)28)33-26(40)24-6-4-5-14-38(24)25(39)17-37-18-32-34-35-37/h7-12,15,18,24H,2-6,13-14,16-17H2,1H3,(H,33,40)/t24-/m1/s1. The highest BCUT2D eigenvalue weighted by molar-refractivity contribution is 6.33. The lowest BCUT2D eigenvalue weighted by molar-refractivity contribution is -0.141. The van der Waals surface area contributed by atoms with Crippen molar-refractivity contribution in [2.75, 3.05) is 23.3 Å². The smallest absolute Gasteiger partial charge is 0.366 e. The van der Waals surface area contributed by atoms with Crippen LogP contribution in [0.4, 0.5) is 24.5 Å². The van der Waals surface area contributed by atoms with E-state index in [4.69, 9.17) is 11.6 Å². The second-order valence-electron chi connectivity index (χ2n) is 9.73. The molecule has 2 heterocycles. The fourth-order valence-electron chi connectivity index (χ4n) is 4.70. The number of amides is 2. The van der Waals surface area contributed by atoms with Gasteiger partial charge in [0, 0.05) is 25.3 Å². The lowest BCUT2D eigenvalue weighted by Crippen LogP contribution is -2.51. The van der Waals surface area contributed by atoms with Crippen molar-refractivity contribution in [3.8, 4) is 0 Å². The number of carbonyl (C=O) groups excluding carboxylic acids is 2. The maximum atomic E-state index is 13.2. The first-order valence-electron chi connectivity index (χ1n) is 13.2. The van der Waals surface area contributed by atoms with E-state index in [1.54, 1.807) is 23.1 Å². The number of halogens is 4. The first kappa shape index (κ1) is 29.3. The number of hydrogen-bond acceptors (Lipinski definition) is 6. The lowest BCUT2D eigenvalue weighted by Gasteiger charge is -2.34. The summed E-state index contributed by atoms with van der Waals surface area (Å²) in [6, 6.07) is 9.65. The second kappa shape index (κ2) is 13.1. The molecule has 1 aliphatic rings. The minimum atomic E-state index is -4.39. The van der Waals surface area contributed by atoms with Crippen LogP contribution in [0.25, 0.3) is 0 Å². The van der Waals surface area contributed by atoms with Gasteiger partial charge in [-0.25, -0.2) is 4.68 Å². The molecule has 1 N–H and O–H groups in total. The molecule has 0 radical (unpaired) electrons. The van der Waals surface area contributed by atoms with Crippen molar-refractivity contribution in [1.29, 1.82) is 0 Å². The Morgan fingerprint density at radius 2 is 1.93 bits per heavy atom. The molecule has 3 aromatic rings. The third-order valence-electron chi connectivity index (χ3n) is 6.81. The third kappa shape index (κ3) is 7.50. The predicted molar refractivity (Wildman–Crippen MR) is 145 cm³/mol. The number of aromatic nitrogens is 4. The number of hydrogen-bond donors (Lipinski definition) is 1. The molecule has 1 fully saturated rings. The van der Waals surface area contributed by atoms with E-state index in [1.807, 2.05) is 4.90 Å². The molecular weight excluding hydrogens is 547 g/mol. The van der Waals surface area contributed by atoms with Gasteiger partial charge in [0.1, 0.15) is 18.9 Å². The Bertz CT molecular complexity index is 1290. The molecular formula is C27H31ClF3N7O2. The van der Waals surface area contributed by atoms with Crippen LogP contribution in [0.5, 0.6) is 0 Å². The number of nitrogens with zero attached hydrogens (tertiary/aromatic N) is 6. The SMILES string of the molecule is CCCCN(Cc1ccc(C(F)(F)F)cc1)c1ccc(NC(=O)[C@H]2CCCCN2C(=O)Cn2cnnn2)cc1Cl. The van der Waals surface area contributed by atoms with Gasteiger partial charge in [0.25, 0.3) is 0 Å². The summed E-state index contributed by atoms with van der Waals surface area (Å²) < 4.78 is 40.2. The topological polar surface area (TPSA) is 96.2 Å². The van der Waals surface area contributed by atoms with Gasteiger partial charge in [-0.05, 0) is 72.0 Å². The van der Waals surface area contributed by atoms with Crippen LogP contribution in [0.3, 0.4) is 0 Å². The molecule has 0 bridgehead atoms. The largest absolute Gasteiger partial charge is 0.416 e. The van der Waals surface area contributed by atoms with Gasteiger partial charge in [0.2, 0.25) is 11.8 Å². The first-order valence-corrected chi connectivity index (χ1v) is 13.5. The number of piperidine rings is 1. The fraction of sp³-hybridized carbons (Fsp3) is 0.444.